The molecule has 0 amide bonds. The summed E-state index contributed by atoms with van der Waals surface area (Å²) in [4.78, 5) is 2.42. The van der Waals surface area contributed by atoms with E-state index in [0.717, 1.165) is 9.87 Å². The molecule has 0 saturated carbocycles. The van der Waals surface area contributed by atoms with Crippen molar-refractivity contribution in [1.29, 1.82) is 0 Å². The van der Waals surface area contributed by atoms with Gasteiger partial charge in [0.2, 0.25) is 10.0 Å². The van der Waals surface area contributed by atoms with Crippen molar-refractivity contribution in [3.05, 3.63) is 64.3 Å². The van der Waals surface area contributed by atoms with Crippen LogP contribution in [0.3, 0.4) is 0 Å². The maximum absolute atomic E-state index is 15.0. The molecule has 1 aromatic heterocycles. The topological polar surface area (TPSA) is 54.3 Å². The first kappa shape index (κ1) is 24.7. The van der Waals surface area contributed by atoms with E-state index in [2.05, 4.69) is 4.84 Å². The number of aromatic nitrogens is 1. The number of halogens is 4. The van der Waals surface area contributed by atoms with Crippen molar-refractivity contribution in [1.82, 2.24) is 13.7 Å². The molecule has 172 valence electrons. The maximum Gasteiger partial charge on any atom is 0.242 e. The molecule has 0 bridgehead atoms. The molecule has 5 nitrogen and oxygen atoms in total. The molecular weight excluding hydrogens is 479 g/mol. The quantitative estimate of drug-likeness (QED) is 0.430. The third-order valence-corrected chi connectivity index (χ3v) is 7.48. The van der Waals surface area contributed by atoms with Gasteiger partial charge in [0.15, 0.2) is 0 Å². The van der Waals surface area contributed by atoms with Gasteiger partial charge < -0.3 is 4.57 Å². The summed E-state index contributed by atoms with van der Waals surface area (Å²) in [6.07, 6.45) is 1.27. The largest absolute Gasteiger partial charge is 0.335 e. The number of aryl methyl sites for hydroxylation is 1. The Hall–Kier alpha value is -1.97. The molecule has 2 aromatic carbocycles. The zero-order valence-electron chi connectivity index (χ0n) is 18.0. The highest BCUT2D eigenvalue weighted by Crippen LogP contribution is 2.40. The van der Waals surface area contributed by atoms with Gasteiger partial charge in [-0.1, -0.05) is 17.7 Å². The van der Waals surface area contributed by atoms with E-state index in [9.17, 15) is 12.8 Å². The summed E-state index contributed by atoms with van der Waals surface area (Å²) in [6, 6.07) is 7.55. The van der Waals surface area contributed by atoms with E-state index < -0.39 is 21.7 Å². The van der Waals surface area contributed by atoms with E-state index >= 15 is 4.39 Å². The standard InChI is InChI=1S/C22H23Cl2F2N3O2S/c1-13-5-6-17(32(30,31)28(3)4)11-18(13)21-14(2)29(12-16(25)7-8-27-24)22-19(21)9-15(23)10-20(22)26/h5-7,9-11,27H,8,12H2,1-4H3/b16-7-. The Kier molecular flexibility index (Phi) is 7.31. The van der Waals surface area contributed by atoms with Crippen LogP contribution < -0.4 is 4.84 Å². The third-order valence-electron chi connectivity index (χ3n) is 5.30. The van der Waals surface area contributed by atoms with Gasteiger partial charge in [0.25, 0.3) is 0 Å². The molecule has 0 fully saturated rings. The summed E-state index contributed by atoms with van der Waals surface area (Å²) < 4.78 is 57.6. The SMILES string of the molecule is Cc1ccc(S(=O)(=O)N(C)C)cc1-c1c(C)n(C/C(F)=C/CNCl)c2c(F)cc(Cl)cc12. The van der Waals surface area contributed by atoms with Gasteiger partial charge in [0.1, 0.15) is 11.6 Å². The zero-order valence-corrected chi connectivity index (χ0v) is 20.3. The normalized spacial score (nSPS) is 12.8. The van der Waals surface area contributed by atoms with Crippen LogP contribution in [-0.4, -0.2) is 37.9 Å². The minimum atomic E-state index is -3.69. The van der Waals surface area contributed by atoms with Crippen molar-refractivity contribution in [3.8, 4) is 11.1 Å². The van der Waals surface area contributed by atoms with Gasteiger partial charge in [-0.05, 0) is 67.1 Å². The predicted octanol–water partition coefficient (Wildman–Crippen LogP) is 5.56. The highest BCUT2D eigenvalue weighted by molar-refractivity contribution is 7.89. The maximum atomic E-state index is 15.0. The zero-order chi connectivity index (χ0) is 23.8. The molecule has 0 aliphatic rings. The first-order valence-electron chi connectivity index (χ1n) is 9.68. The van der Waals surface area contributed by atoms with Gasteiger partial charge in [-0.3, -0.25) is 0 Å². The van der Waals surface area contributed by atoms with Crippen molar-refractivity contribution < 1.29 is 17.2 Å². The summed E-state index contributed by atoms with van der Waals surface area (Å²) >= 11 is 11.5. The Morgan fingerprint density at radius 3 is 2.53 bits per heavy atom. The number of fused-ring (bicyclic) bond motifs is 1. The van der Waals surface area contributed by atoms with Crippen molar-refractivity contribution >= 4 is 44.3 Å². The Bertz CT molecular complexity index is 1320. The van der Waals surface area contributed by atoms with E-state index in [4.69, 9.17) is 23.4 Å². The number of hydrogen-bond acceptors (Lipinski definition) is 3. The van der Waals surface area contributed by atoms with Crippen LogP contribution in [0.2, 0.25) is 5.02 Å². The van der Waals surface area contributed by atoms with Crippen LogP contribution in [0.5, 0.6) is 0 Å². The highest BCUT2D eigenvalue weighted by atomic mass is 35.5. The van der Waals surface area contributed by atoms with Crippen LogP contribution in [0.15, 0.2) is 47.1 Å². The lowest BCUT2D eigenvalue weighted by atomic mass is 9.98. The lowest BCUT2D eigenvalue weighted by Crippen LogP contribution is -2.22. The van der Waals surface area contributed by atoms with Gasteiger partial charge in [-0.25, -0.2) is 26.3 Å². The van der Waals surface area contributed by atoms with E-state index in [1.165, 1.54) is 36.9 Å². The Balaban J connectivity index is 2.34. The molecule has 0 aliphatic carbocycles. The van der Waals surface area contributed by atoms with Crippen LogP contribution in [-0.2, 0) is 16.6 Å². The minimum absolute atomic E-state index is 0.102. The summed E-state index contributed by atoms with van der Waals surface area (Å²) in [5.41, 5.74) is 2.74. The molecule has 0 spiro atoms. The lowest BCUT2D eigenvalue weighted by molar-refractivity contribution is 0.521. The average molecular weight is 502 g/mol. The monoisotopic (exact) mass is 501 g/mol. The minimum Gasteiger partial charge on any atom is -0.335 e. The smallest absolute Gasteiger partial charge is 0.242 e. The van der Waals surface area contributed by atoms with E-state index in [1.807, 2.05) is 6.92 Å². The molecule has 0 unspecified atom stereocenters. The molecule has 1 heterocycles. The number of sulfonamides is 1. The van der Waals surface area contributed by atoms with Crippen molar-refractivity contribution in [2.75, 3.05) is 20.6 Å². The molecule has 0 radical (unpaired) electrons. The van der Waals surface area contributed by atoms with Gasteiger partial charge in [0, 0.05) is 42.3 Å². The molecule has 1 N–H and O–H groups in total. The van der Waals surface area contributed by atoms with Crippen LogP contribution >= 0.6 is 23.4 Å². The van der Waals surface area contributed by atoms with Crippen LogP contribution in [0.4, 0.5) is 8.78 Å². The second-order valence-corrected chi connectivity index (χ2v) is 10.4. The number of hydrogen-bond donors (Lipinski definition) is 1. The molecule has 0 aliphatic heterocycles. The summed E-state index contributed by atoms with van der Waals surface area (Å²) in [5, 5.41) is 0.656. The summed E-state index contributed by atoms with van der Waals surface area (Å²) in [6.45, 7) is 3.46. The Morgan fingerprint density at radius 1 is 1.22 bits per heavy atom. The first-order chi connectivity index (χ1) is 15.0. The summed E-state index contributed by atoms with van der Waals surface area (Å²) in [7, 11) is -0.791. The van der Waals surface area contributed by atoms with Gasteiger partial charge >= 0.3 is 0 Å². The fraction of sp³-hybridized carbons (Fsp3) is 0.273. The Morgan fingerprint density at radius 2 is 1.91 bits per heavy atom. The van der Waals surface area contributed by atoms with E-state index in [0.29, 0.717) is 22.2 Å². The molecule has 3 aromatic rings. The van der Waals surface area contributed by atoms with Crippen molar-refractivity contribution in [2.24, 2.45) is 0 Å². The molecule has 0 saturated heterocycles. The lowest BCUT2D eigenvalue weighted by Gasteiger charge is -2.14. The number of nitrogens with zero attached hydrogens (tertiary/aromatic N) is 2. The van der Waals surface area contributed by atoms with Gasteiger partial charge in [0.05, 0.1) is 17.0 Å². The highest BCUT2D eigenvalue weighted by Gasteiger charge is 2.24. The van der Waals surface area contributed by atoms with E-state index in [-0.39, 0.29) is 28.5 Å². The fourth-order valence-corrected chi connectivity index (χ4v) is 4.88. The first-order valence-corrected chi connectivity index (χ1v) is 11.9. The molecule has 3 rings (SSSR count). The van der Waals surface area contributed by atoms with Crippen LogP contribution in [0.25, 0.3) is 22.0 Å². The number of allylic oxidation sites excluding steroid dienone is 1. The van der Waals surface area contributed by atoms with Crippen LogP contribution in [0.1, 0.15) is 11.3 Å². The number of rotatable bonds is 7. The van der Waals surface area contributed by atoms with Crippen molar-refractivity contribution in [2.45, 2.75) is 25.3 Å². The van der Waals surface area contributed by atoms with Gasteiger partial charge in [-0.2, -0.15) is 0 Å². The fourth-order valence-electron chi connectivity index (χ4n) is 3.67. The summed E-state index contributed by atoms with van der Waals surface area (Å²) in [5.74, 6) is -1.10. The molecule has 10 heteroatoms. The predicted molar refractivity (Wildman–Crippen MR) is 126 cm³/mol. The van der Waals surface area contributed by atoms with Crippen molar-refractivity contribution in [3.63, 3.8) is 0 Å². The van der Waals surface area contributed by atoms with Gasteiger partial charge in [-0.15, -0.1) is 0 Å². The number of benzene rings is 2. The van der Waals surface area contributed by atoms with Crippen LogP contribution in [0, 0.1) is 19.7 Å². The number of nitrogens with one attached hydrogen (secondary N) is 1. The molecular formula is C22H23Cl2F2N3O2S. The average Bonchev–Trinajstić information content (AvgIpc) is 2.98. The third kappa shape index (κ3) is 4.56. The second-order valence-electron chi connectivity index (χ2n) is 7.58. The van der Waals surface area contributed by atoms with E-state index in [1.54, 1.807) is 25.1 Å². The second kappa shape index (κ2) is 9.49. The molecule has 0 atom stereocenters. The Labute approximate surface area is 196 Å². The molecule has 32 heavy (non-hydrogen) atoms.